The third kappa shape index (κ3) is 3.52. The summed E-state index contributed by atoms with van der Waals surface area (Å²) in [7, 11) is 1.25. The van der Waals surface area contributed by atoms with Crippen LogP contribution in [0.4, 0.5) is 5.69 Å². The molecule has 0 unspecified atom stereocenters. The van der Waals surface area contributed by atoms with E-state index in [0.717, 1.165) is 0 Å². The van der Waals surface area contributed by atoms with Crippen molar-refractivity contribution in [1.29, 1.82) is 10.5 Å². The maximum Gasteiger partial charge on any atom is 0.337 e. The van der Waals surface area contributed by atoms with E-state index >= 15 is 0 Å². The predicted molar refractivity (Wildman–Crippen MR) is 81.6 cm³/mol. The summed E-state index contributed by atoms with van der Waals surface area (Å²) in [4.78, 5) is 23.6. The van der Waals surface area contributed by atoms with E-state index in [-0.39, 0.29) is 16.8 Å². The fraction of sp³-hybridized carbons (Fsp3) is 0.0588. The van der Waals surface area contributed by atoms with Gasteiger partial charge in [-0.1, -0.05) is 0 Å². The first-order chi connectivity index (χ1) is 11.1. The lowest BCUT2D eigenvalue weighted by atomic mass is 10.1. The van der Waals surface area contributed by atoms with Gasteiger partial charge in [0.05, 0.1) is 35.6 Å². The van der Waals surface area contributed by atoms with Crippen LogP contribution in [0.1, 0.15) is 31.8 Å². The van der Waals surface area contributed by atoms with E-state index < -0.39 is 11.9 Å². The van der Waals surface area contributed by atoms with E-state index in [0.29, 0.717) is 11.1 Å². The Morgan fingerprint density at radius 3 is 2.22 bits per heavy atom. The second-order valence-electron chi connectivity index (χ2n) is 4.51. The topological polar surface area (TPSA) is 103 Å². The second-order valence-corrected chi connectivity index (χ2v) is 4.51. The van der Waals surface area contributed by atoms with Crippen LogP contribution >= 0.6 is 0 Å². The molecule has 2 rings (SSSR count). The number of anilines is 1. The van der Waals surface area contributed by atoms with E-state index in [2.05, 4.69) is 10.1 Å². The molecule has 0 saturated heterocycles. The largest absolute Gasteiger partial charge is 0.465 e. The molecule has 0 fully saturated rings. The molecule has 0 bridgehead atoms. The van der Waals surface area contributed by atoms with Gasteiger partial charge in [0.2, 0.25) is 0 Å². The minimum Gasteiger partial charge on any atom is -0.465 e. The van der Waals surface area contributed by atoms with Gasteiger partial charge >= 0.3 is 5.97 Å². The van der Waals surface area contributed by atoms with Crippen LogP contribution in [0.15, 0.2) is 42.5 Å². The average molecular weight is 305 g/mol. The number of carbonyl (C=O) groups excluding carboxylic acids is 2. The van der Waals surface area contributed by atoms with E-state index in [1.165, 1.54) is 49.6 Å². The summed E-state index contributed by atoms with van der Waals surface area (Å²) in [5.74, 6) is -0.983. The van der Waals surface area contributed by atoms with Crippen molar-refractivity contribution < 1.29 is 14.3 Å². The van der Waals surface area contributed by atoms with Gasteiger partial charge in [0.15, 0.2) is 0 Å². The quantitative estimate of drug-likeness (QED) is 0.877. The standard InChI is InChI=1S/C17H11N3O3/c1-23-17(22)13-6-7-15(14(8-13)10-19)20-16(21)12-4-2-11(9-18)3-5-12/h2-8H,1H3,(H,20,21). The SMILES string of the molecule is COC(=O)c1ccc(NC(=O)c2ccc(C#N)cc2)c(C#N)c1. The van der Waals surface area contributed by atoms with Crippen molar-refractivity contribution in [2.45, 2.75) is 0 Å². The molecule has 0 atom stereocenters. The Labute approximate surface area is 132 Å². The zero-order valence-electron chi connectivity index (χ0n) is 12.2. The van der Waals surface area contributed by atoms with Crippen LogP contribution in [-0.2, 0) is 4.74 Å². The summed E-state index contributed by atoms with van der Waals surface area (Å²) >= 11 is 0. The third-order valence-corrected chi connectivity index (χ3v) is 3.09. The van der Waals surface area contributed by atoms with Gasteiger partial charge in [-0.2, -0.15) is 10.5 Å². The molecule has 0 aliphatic carbocycles. The smallest absolute Gasteiger partial charge is 0.337 e. The van der Waals surface area contributed by atoms with Gasteiger partial charge in [0.1, 0.15) is 6.07 Å². The fourth-order valence-corrected chi connectivity index (χ4v) is 1.88. The van der Waals surface area contributed by atoms with Crippen molar-refractivity contribution in [2.24, 2.45) is 0 Å². The van der Waals surface area contributed by atoms with E-state index in [1.54, 1.807) is 0 Å². The van der Waals surface area contributed by atoms with Crippen molar-refractivity contribution in [2.75, 3.05) is 12.4 Å². The van der Waals surface area contributed by atoms with Crippen molar-refractivity contribution in [3.63, 3.8) is 0 Å². The summed E-state index contributed by atoms with van der Waals surface area (Å²) in [6.07, 6.45) is 0. The van der Waals surface area contributed by atoms with E-state index in [4.69, 9.17) is 10.5 Å². The van der Waals surface area contributed by atoms with Crippen LogP contribution in [0.2, 0.25) is 0 Å². The Kier molecular flexibility index (Phi) is 4.71. The van der Waals surface area contributed by atoms with Crippen LogP contribution in [0.25, 0.3) is 0 Å². The zero-order valence-corrected chi connectivity index (χ0v) is 12.2. The first-order valence-electron chi connectivity index (χ1n) is 6.53. The van der Waals surface area contributed by atoms with E-state index in [1.807, 2.05) is 12.1 Å². The Bertz CT molecular complexity index is 843. The molecule has 112 valence electrons. The molecule has 0 aliphatic heterocycles. The monoisotopic (exact) mass is 305 g/mol. The van der Waals surface area contributed by atoms with Crippen LogP contribution in [0.5, 0.6) is 0 Å². The van der Waals surface area contributed by atoms with Gasteiger partial charge in [-0.3, -0.25) is 4.79 Å². The Morgan fingerprint density at radius 2 is 1.65 bits per heavy atom. The molecule has 0 aliphatic rings. The normalized spacial score (nSPS) is 9.35. The maximum absolute atomic E-state index is 12.2. The molecule has 0 radical (unpaired) electrons. The molecular formula is C17H11N3O3. The van der Waals surface area contributed by atoms with Crippen LogP contribution in [-0.4, -0.2) is 19.0 Å². The molecule has 2 aromatic rings. The van der Waals surface area contributed by atoms with Crippen molar-refractivity contribution in [3.05, 3.63) is 64.7 Å². The first-order valence-corrected chi connectivity index (χ1v) is 6.53. The molecule has 0 saturated carbocycles. The molecule has 23 heavy (non-hydrogen) atoms. The van der Waals surface area contributed by atoms with Gasteiger partial charge < -0.3 is 10.1 Å². The number of amides is 1. The first kappa shape index (κ1) is 15.7. The van der Waals surface area contributed by atoms with Crippen molar-refractivity contribution >= 4 is 17.6 Å². The number of hydrogen-bond donors (Lipinski definition) is 1. The van der Waals surface area contributed by atoms with Crippen LogP contribution < -0.4 is 5.32 Å². The number of hydrogen-bond acceptors (Lipinski definition) is 5. The van der Waals surface area contributed by atoms with Gasteiger partial charge in [0.25, 0.3) is 5.91 Å². The highest BCUT2D eigenvalue weighted by Crippen LogP contribution is 2.18. The van der Waals surface area contributed by atoms with Gasteiger partial charge in [-0.15, -0.1) is 0 Å². The molecule has 1 N–H and O–H groups in total. The predicted octanol–water partition coefficient (Wildman–Crippen LogP) is 2.47. The Balaban J connectivity index is 2.25. The minimum absolute atomic E-state index is 0.148. The lowest BCUT2D eigenvalue weighted by molar-refractivity contribution is 0.0600. The van der Waals surface area contributed by atoms with Gasteiger partial charge in [-0.05, 0) is 42.5 Å². The van der Waals surface area contributed by atoms with Crippen molar-refractivity contribution in [3.8, 4) is 12.1 Å². The fourth-order valence-electron chi connectivity index (χ4n) is 1.88. The highest BCUT2D eigenvalue weighted by atomic mass is 16.5. The average Bonchev–Trinajstić information content (AvgIpc) is 2.61. The molecule has 0 aromatic heterocycles. The Hall–Kier alpha value is -3.64. The number of benzene rings is 2. The lowest BCUT2D eigenvalue weighted by Gasteiger charge is -2.08. The Morgan fingerprint density at radius 1 is 1.00 bits per heavy atom. The molecule has 0 heterocycles. The zero-order chi connectivity index (χ0) is 16.8. The molecule has 2 aromatic carbocycles. The van der Waals surface area contributed by atoms with Gasteiger partial charge in [0, 0.05) is 5.56 Å². The summed E-state index contributed by atoms with van der Waals surface area (Å²) in [6.45, 7) is 0. The third-order valence-electron chi connectivity index (χ3n) is 3.09. The maximum atomic E-state index is 12.2. The summed E-state index contributed by atoms with van der Waals surface area (Å²) < 4.78 is 4.59. The molecule has 0 spiro atoms. The van der Waals surface area contributed by atoms with Crippen LogP contribution in [0.3, 0.4) is 0 Å². The molecule has 6 nitrogen and oxygen atoms in total. The highest BCUT2D eigenvalue weighted by molar-refractivity contribution is 6.05. The number of methoxy groups -OCH3 is 1. The van der Waals surface area contributed by atoms with Crippen LogP contribution in [0, 0.1) is 22.7 Å². The number of nitriles is 2. The number of ether oxygens (including phenoxy) is 1. The highest BCUT2D eigenvalue weighted by Gasteiger charge is 2.13. The number of nitrogens with zero attached hydrogens (tertiary/aromatic N) is 2. The summed E-state index contributed by atoms with van der Waals surface area (Å²) in [6, 6.07) is 14.3. The molecular weight excluding hydrogens is 294 g/mol. The number of nitrogens with one attached hydrogen (secondary N) is 1. The van der Waals surface area contributed by atoms with E-state index in [9.17, 15) is 9.59 Å². The number of carbonyl (C=O) groups is 2. The number of rotatable bonds is 3. The summed E-state index contributed by atoms with van der Waals surface area (Å²) in [5, 5.41) is 20.5. The van der Waals surface area contributed by atoms with Crippen molar-refractivity contribution in [1.82, 2.24) is 0 Å². The van der Waals surface area contributed by atoms with Gasteiger partial charge in [-0.25, -0.2) is 4.79 Å². The second kappa shape index (κ2) is 6.88. The molecule has 1 amide bonds. The minimum atomic E-state index is -0.563. The lowest BCUT2D eigenvalue weighted by Crippen LogP contribution is -2.13. The number of esters is 1. The summed E-state index contributed by atoms with van der Waals surface area (Å²) in [5.41, 5.74) is 1.46. The molecule has 6 heteroatoms.